The number of rotatable bonds is 2. The molecule has 0 aliphatic rings. The molecule has 5 heteroatoms. The summed E-state index contributed by atoms with van der Waals surface area (Å²) in [6.07, 6.45) is 1.11. The molecule has 0 aliphatic heterocycles. The number of ketones is 1. The minimum Gasteiger partial charge on any atom is -0.289 e. The minimum absolute atomic E-state index is 0.0117. The molecule has 0 unspecified atom stereocenters. The van der Waals surface area contributed by atoms with Gasteiger partial charge in [0.25, 0.3) is 0 Å². The van der Waals surface area contributed by atoms with E-state index < -0.39 is 0 Å². The largest absolute Gasteiger partial charge is 0.289 e. The molecule has 68 valence electrons. The van der Waals surface area contributed by atoms with Gasteiger partial charge < -0.3 is 0 Å². The molecule has 0 atom stereocenters. The summed E-state index contributed by atoms with van der Waals surface area (Å²) in [6.45, 7) is 3.31. The Kier molecular flexibility index (Phi) is 3.31. The Morgan fingerprint density at radius 1 is 1.46 bits per heavy atom. The van der Waals surface area contributed by atoms with E-state index in [1.807, 2.05) is 0 Å². The van der Waals surface area contributed by atoms with Gasteiger partial charge in [0, 0.05) is 0 Å². The first-order valence-electron chi connectivity index (χ1n) is 3.24. The van der Waals surface area contributed by atoms with Crippen LogP contribution >= 0.6 is 34.8 Å². The highest BCUT2D eigenvalue weighted by molar-refractivity contribution is 6.41. The van der Waals surface area contributed by atoms with Crippen molar-refractivity contribution in [3.63, 3.8) is 0 Å². The number of hydrogen-bond donors (Lipinski definition) is 0. The van der Waals surface area contributed by atoms with E-state index in [1.165, 1.54) is 6.07 Å². The molecule has 0 aromatic carbocycles. The lowest BCUT2D eigenvalue weighted by Crippen LogP contribution is -1.98. The molecule has 1 aromatic rings. The number of allylic oxidation sites excluding steroid dienone is 1. The van der Waals surface area contributed by atoms with Crippen molar-refractivity contribution in [2.45, 2.75) is 0 Å². The molecule has 1 heterocycles. The standard InChI is InChI=1S/C8H4Cl3NO/c1-2-5(13)7-4(9)3-6(10)12-8(7)11/h2-3H,1H2. The van der Waals surface area contributed by atoms with Crippen LogP contribution in [0, 0.1) is 0 Å². The third-order valence-corrected chi connectivity index (χ3v) is 2.09. The maximum Gasteiger partial charge on any atom is 0.189 e. The van der Waals surface area contributed by atoms with E-state index in [2.05, 4.69) is 11.6 Å². The van der Waals surface area contributed by atoms with Crippen LogP contribution in [0.4, 0.5) is 0 Å². The van der Waals surface area contributed by atoms with Crippen LogP contribution in [0.3, 0.4) is 0 Å². The number of carbonyl (C=O) groups excluding carboxylic acids is 1. The third-order valence-electron chi connectivity index (χ3n) is 1.33. The number of hydrogen-bond acceptors (Lipinski definition) is 2. The molecule has 1 aromatic heterocycles. The van der Waals surface area contributed by atoms with Crippen molar-refractivity contribution in [1.82, 2.24) is 4.98 Å². The zero-order valence-corrected chi connectivity index (χ0v) is 8.62. The first-order valence-corrected chi connectivity index (χ1v) is 4.38. The van der Waals surface area contributed by atoms with Crippen LogP contribution in [-0.4, -0.2) is 10.8 Å². The van der Waals surface area contributed by atoms with E-state index in [-0.39, 0.29) is 26.7 Å². The number of halogens is 3. The summed E-state index contributed by atoms with van der Waals surface area (Å²) in [4.78, 5) is 14.9. The smallest absolute Gasteiger partial charge is 0.189 e. The summed E-state index contributed by atoms with van der Waals surface area (Å²) in [5, 5.41) is 0.313. The highest BCUT2D eigenvalue weighted by atomic mass is 35.5. The SMILES string of the molecule is C=CC(=O)c1c(Cl)cc(Cl)nc1Cl. The van der Waals surface area contributed by atoms with Crippen molar-refractivity contribution in [3.8, 4) is 0 Å². The van der Waals surface area contributed by atoms with Crippen molar-refractivity contribution in [2.75, 3.05) is 0 Å². The van der Waals surface area contributed by atoms with Gasteiger partial charge in [0.05, 0.1) is 10.6 Å². The van der Waals surface area contributed by atoms with Gasteiger partial charge in [0.2, 0.25) is 0 Å². The average molecular weight is 236 g/mol. The minimum atomic E-state index is -0.376. The first-order chi connectivity index (χ1) is 6.06. The maximum atomic E-state index is 11.2. The fourth-order valence-corrected chi connectivity index (χ4v) is 1.69. The summed E-state index contributed by atoms with van der Waals surface area (Å²) >= 11 is 16.9. The van der Waals surface area contributed by atoms with Gasteiger partial charge in [0.15, 0.2) is 5.78 Å². The van der Waals surface area contributed by atoms with Gasteiger partial charge in [-0.1, -0.05) is 41.4 Å². The first kappa shape index (κ1) is 10.5. The van der Waals surface area contributed by atoms with Crippen molar-refractivity contribution in [2.24, 2.45) is 0 Å². The molecule has 13 heavy (non-hydrogen) atoms. The third kappa shape index (κ3) is 2.21. The van der Waals surface area contributed by atoms with Gasteiger partial charge in [-0.2, -0.15) is 0 Å². The summed E-state index contributed by atoms with van der Waals surface area (Å²) in [7, 11) is 0. The number of aromatic nitrogens is 1. The summed E-state index contributed by atoms with van der Waals surface area (Å²) in [5.74, 6) is -0.376. The molecule has 0 aliphatic carbocycles. The van der Waals surface area contributed by atoms with Crippen LogP contribution in [0.1, 0.15) is 10.4 Å². The van der Waals surface area contributed by atoms with E-state index in [9.17, 15) is 4.79 Å². The Morgan fingerprint density at radius 3 is 2.54 bits per heavy atom. The predicted octanol–water partition coefficient (Wildman–Crippen LogP) is 3.41. The molecular formula is C8H4Cl3NO. The van der Waals surface area contributed by atoms with Gasteiger partial charge in [0.1, 0.15) is 10.3 Å². The van der Waals surface area contributed by atoms with Crippen LogP contribution in [0.15, 0.2) is 18.7 Å². The summed E-state index contributed by atoms with van der Waals surface area (Å²) in [6, 6.07) is 1.35. The van der Waals surface area contributed by atoms with Crippen LogP contribution < -0.4 is 0 Å². The Bertz CT molecular complexity index is 353. The Morgan fingerprint density at radius 2 is 2.08 bits per heavy atom. The quantitative estimate of drug-likeness (QED) is 0.447. The molecule has 2 nitrogen and oxygen atoms in total. The predicted molar refractivity (Wildman–Crippen MR) is 53.8 cm³/mol. The van der Waals surface area contributed by atoms with E-state index in [1.54, 1.807) is 0 Å². The number of carbonyl (C=O) groups is 1. The lowest BCUT2D eigenvalue weighted by molar-refractivity contribution is 0.104. The Balaban J connectivity index is 3.36. The highest BCUT2D eigenvalue weighted by Crippen LogP contribution is 2.26. The number of pyridine rings is 1. The van der Waals surface area contributed by atoms with Crippen LogP contribution in [0.2, 0.25) is 15.3 Å². The van der Waals surface area contributed by atoms with Crippen molar-refractivity contribution in [3.05, 3.63) is 39.6 Å². The lowest BCUT2D eigenvalue weighted by Gasteiger charge is -2.02. The Labute approximate surface area is 90.1 Å². The van der Waals surface area contributed by atoms with E-state index in [0.29, 0.717) is 0 Å². The lowest BCUT2D eigenvalue weighted by atomic mass is 10.2. The van der Waals surface area contributed by atoms with Gasteiger partial charge in [-0.05, 0) is 12.1 Å². The maximum absolute atomic E-state index is 11.2. The molecule has 0 amide bonds. The highest BCUT2D eigenvalue weighted by Gasteiger charge is 2.14. The van der Waals surface area contributed by atoms with E-state index in [4.69, 9.17) is 34.8 Å². The molecule has 0 bridgehead atoms. The van der Waals surface area contributed by atoms with E-state index in [0.717, 1.165) is 6.08 Å². The molecule has 0 N–H and O–H groups in total. The van der Waals surface area contributed by atoms with E-state index >= 15 is 0 Å². The van der Waals surface area contributed by atoms with Crippen LogP contribution in [-0.2, 0) is 0 Å². The molecule has 1 rings (SSSR count). The summed E-state index contributed by atoms with van der Waals surface area (Å²) in [5.41, 5.74) is 0.128. The summed E-state index contributed by atoms with van der Waals surface area (Å²) < 4.78 is 0. The normalized spacial score (nSPS) is 9.77. The van der Waals surface area contributed by atoms with Crippen molar-refractivity contribution >= 4 is 40.6 Å². The van der Waals surface area contributed by atoms with Crippen molar-refractivity contribution in [1.29, 1.82) is 0 Å². The van der Waals surface area contributed by atoms with Gasteiger partial charge in [-0.25, -0.2) is 4.98 Å². The van der Waals surface area contributed by atoms with Crippen molar-refractivity contribution < 1.29 is 4.79 Å². The zero-order chi connectivity index (χ0) is 10.0. The number of nitrogens with zero attached hydrogens (tertiary/aromatic N) is 1. The second-order valence-electron chi connectivity index (χ2n) is 2.16. The fourth-order valence-electron chi connectivity index (χ4n) is 0.779. The fraction of sp³-hybridized carbons (Fsp3) is 0. The average Bonchev–Trinajstić information content (AvgIpc) is 2.02. The monoisotopic (exact) mass is 235 g/mol. The topological polar surface area (TPSA) is 30.0 Å². The molecule has 0 saturated carbocycles. The van der Waals surface area contributed by atoms with Gasteiger partial charge in [-0.3, -0.25) is 4.79 Å². The van der Waals surface area contributed by atoms with Gasteiger partial charge >= 0.3 is 0 Å². The Hall–Kier alpha value is -0.570. The molecule has 0 fully saturated rings. The molecular weight excluding hydrogens is 232 g/mol. The second kappa shape index (κ2) is 4.09. The van der Waals surface area contributed by atoms with Crippen LogP contribution in [0.5, 0.6) is 0 Å². The van der Waals surface area contributed by atoms with Crippen LogP contribution in [0.25, 0.3) is 0 Å². The second-order valence-corrected chi connectivity index (χ2v) is 3.31. The molecule has 0 saturated heterocycles. The van der Waals surface area contributed by atoms with Gasteiger partial charge in [-0.15, -0.1) is 0 Å². The molecule has 0 radical (unpaired) electrons. The zero-order valence-electron chi connectivity index (χ0n) is 6.35. The molecule has 0 spiro atoms.